The number of benzene rings is 1. The Bertz CT molecular complexity index is 265. The maximum Gasteiger partial charge on any atom is 0.0661 e. The summed E-state index contributed by atoms with van der Waals surface area (Å²) in [6.45, 7) is 2.75. The molecule has 0 heterocycles. The van der Waals surface area contributed by atoms with E-state index < -0.39 is 0 Å². The zero-order chi connectivity index (χ0) is 9.68. The molecular weight excluding hydrogens is 186 g/mol. The number of rotatable bonds is 4. The fourth-order valence-corrected chi connectivity index (χ4v) is 1.34. The van der Waals surface area contributed by atoms with Crippen LogP contribution in [0, 0.1) is 0 Å². The number of hydrogen-bond acceptors (Lipinski definition) is 2. The largest absolute Gasteiger partial charge is 0.383 e. The first-order chi connectivity index (χ1) is 6.22. The van der Waals surface area contributed by atoms with Gasteiger partial charge in [-0.05, 0) is 25.1 Å². The number of halogens is 1. The first-order valence-electron chi connectivity index (χ1n) is 4.23. The topological polar surface area (TPSA) is 21.3 Å². The van der Waals surface area contributed by atoms with Crippen molar-refractivity contribution < 1.29 is 4.74 Å². The Hall–Kier alpha value is -0.730. The van der Waals surface area contributed by atoms with E-state index in [1.807, 2.05) is 24.3 Å². The minimum Gasteiger partial charge on any atom is -0.383 e. The molecule has 2 nitrogen and oxygen atoms in total. The van der Waals surface area contributed by atoms with Gasteiger partial charge >= 0.3 is 0 Å². The number of ether oxygens (including phenoxy) is 1. The molecule has 0 aliphatic carbocycles. The molecular formula is C10H14ClNO. The molecule has 1 N–H and O–H groups in total. The minimum absolute atomic E-state index is 0.295. The van der Waals surface area contributed by atoms with Crippen molar-refractivity contribution in [1.82, 2.24) is 0 Å². The third-order valence-electron chi connectivity index (χ3n) is 1.65. The Kier molecular flexibility index (Phi) is 4.06. The highest BCUT2D eigenvalue weighted by molar-refractivity contribution is 6.30. The first kappa shape index (κ1) is 10.4. The quantitative estimate of drug-likeness (QED) is 0.805. The molecule has 1 rings (SSSR count). The second kappa shape index (κ2) is 5.10. The van der Waals surface area contributed by atoms with Crippen LogP contribution in [0.3, 0.4) is 0 Å². The molecule has 0 saturated heterocycles. The molecule has 1 aromatic rings. The van der Waals surface area contributed by atoms with Gasteiger partial charge in [-0.2, -0.15) is 0 Å². The highest BCUT2D eigenvalue weighted by Gasteiger charge is 2.00. The molecule has 0 radical (unpaired) electrons. The molecule has 0 fully saturated rings. The second-order valence-corrected chi connectivity index (χ2v) is 3.45. The minimum atomic E-state index is 0.295. The van der Waals surface area contributed by atoms with Crippen molar-refractivity contribution >= 4 is 17.3 Å². The Morgan fingerprint density at radius 1 is 1.54 bits per heavy atom. The highest BCUT2D eigenvalue weighted by atomic mass is 35.5. The summed E-state index contributed by atoms with van der Waals surface area (Å²) in [7, 11) is 1.69. The summed E-state index contributed by atoms with van der Waals surface area (Å²) in [6.07, 6.45) is 0. The van der Waals surface area contributed by atoms with E-state index in [-0.39, 0.29) is 0 Å². The van der Waals surface area contributed by atoms with Crippen LogP contribution in [0.25, 0.3) is 0 Å². The zero-order valence-corrected chi connectivity index (χ0v) is 8.64. The molecule has 0 unspecified atom stereocenters. The molecule has 0 aliphatic rings. The number of anilines is 1. The van der Waals surface area contributed by atoms with Gasteiger partial charge < -0.3 is 10.1 Å². The summed E-state index contributed by atoms with van der Waals surface area (Å²) >= 11 is 5.83. The molecule has 0 bridgehead atoms. The van der Waals surface area contributed by atoms with Gasteiger partial charge in [0.05, 0.1) is 6.61 Å². The predicted octanol–water partition coefficient (Wildman–Crippen LogP) is 2.79. The van der Waals surface area contributed by atoms with Gasteiger partial charge in [-0.25, -0.2) is 0 Å². The summed E-state index contributed by atoms with van der Waals surface area (Å²) in [5, 5.41) is 4.02. The van der Waals surface area contributed by atoms with E-state index in [0.29, 0.717) is 12.6 Å². The SMILES string of the molecule is COC[C@@H](C)Nc1cccc(Cl)c1. The van der Waals surface area contributed by atoms with Gasteiger partial charge in [0.2, 0.25) is 0 Å². The fourth-order valence-electron chi connectivity index (χ4n) is 1.15. The van der Waals surface area contributed by atoms with E-state index in [0.717, 1.165) is 10.7 Å². The van der Waals surface area contributed by atoms with E-state index in [2.05, 4.69) is 12.2 Å². The Balaban J connectivity index is 2.53. The van der Waals surface area contributed by atoms with Gasteiger partial charge in [0, 0.05) is 23.9 Å². The van der Waals surface area contributed by atoms with Gasteiger partial charge in [0.15, 0.2) is 0 Å². The first-order valence-corrected chi connectivity index (χ1v) is 4.61. The summed E-state index contributed by atoms with van der Waals surface area (Å²) in [5.74, 6) is 0. The molecule has 0 saturated carbocycles. The van der Waals surface area contributed by atoms with Crippen LogP contribution in [-0.2, 0) is 4.74 Å². The van der Waals surface area contributed by atoms with Crippen molar-refractivity contribution in [1.29, 1.82) is 0 Å². The smallest absolute Gasteiger partial charge is 0.0661 e. The molecule has 72 valence electrons. The van der Waals surface area contributed by atoms with E-state index in [1.165, 1.54) is 0 Å². The standard InChI is InChI=1S/C10H14ClNO/c1-8(7-13-2)12-10-5-3-4-9(11)6-10/h3-6,8,12H,7H2,1-2H3/t8-/m1/s1. The molecule has 0 amide bonds. The number of methoxy groups -OCH3 is 1. The zero-order valence-electron chi connectivity index (χ0n) is 7.88. The number of nitrogens with one attached hydrogen (secondary N) is 1. The van der Waals surface area contributed by atoms with Crippen molar-refractivity contribution in [3.8, 4) is 0 Å². The lowest BCUT2D eigenvalue weighted by molar-refractivity contribution is 0.190. The maximum atomic E-state index is 5.83. The van der Waals surface area contributed by atoms with Gasteiger partial charge in [-0.1, -0.05) is 17.7 Å². The summed E-state index contributed by atoms with van der Waals surface area (Å²) < 4.78 is 5.01. The van der Waals surface area contributed by atoms with Crippen molar-refractivity contribution in [2.24, 2.45) is 0 Å². The lowest BCUT2D eigenvalue weighted by atomic mass is 10.3. The maximum absolute atomic E-state index is 5.83. The Morgan fingerprint density at radius 2 is 2.31 bits per heavy atom. The average molecular weight is 200 g/mol. The molecule has 1 atom stereocenters. The average Bonchev–Trinajstić information content (AvgIpc) is 2.04. The third-order valence-corrected chi connectivity index (χ3v) is 1.89. The highest BCUT2D eigenvalue weighted by Crippen LogP contribution is 2.15. The Labute approximate surface area is 83.9 Å². The van der Waals surface area contributed by atoms with Crippen LogP contribution in [0.1, 0.15) is 6.92 Å². The van der Waals surface area contributed by atoms with Gasteiger partial charge in [0.25, 0.3) is 0 Å². The summed E-state index contributed by atoms with van der Waals surface area (Å²) in [4.78, 5) is 0. The normalized spacial score (nSPS) is 12.5. The molecule has 3 heteroatoms. The van der Waals surface area contributed by atoms with Crippen LogP contribution < -0.4 is 5.32 Å². The van der Waals surface area contributed by atoms with E-state index >= 15 is 0 Å². The van der Waals surface area contributed by atoms with Crippen molar-refractivity contribution in [2.75, 3.05) is 19.0 Å². The lowest BCUT2D eigenvalue weighted by Gasteiger charge is -2.13. The molecule has 0 spiro atoms. The van der Waals surface area contributed by atoms with Crippen LogP contribution in [0.4, 0.5) is 5.69 Å². The van der Waals surface area contributed by atoms with Crippen LogP contribution in [0.2, 0.25) is 5.02 Å². The molecule has 0 aromatic heterocycles. The summed E-state index contributed by atoms with van der Waals surface area (Å²) in [5.41, 5.74) is 1.03. The van der Waals surface area contributed by atoms with Crippen molar-refractivity contribution in [3.05, 3.63) is 29.3 Å². The predicted molar refractivity (Wildman–Crippen MR) is 56.4 cm³/mol. The van der Waals surface area contributed by atoms with Crippen LogP contribution in [0.15, 0.2) is 24.3 Å². The van der Waals surface area contributed by atoms with Gasteiger partial charge in [-0.15, -0.1) is 0 Å². The van der Waals surface area contributed by atoms with Crippen LogP contribution in [0.5, 0.6) is 0 Å². The monoisotopic (exact) mass is 199 g/mol. The fraction of sp³-hybridized carbons (Fsp3) is 0.400. The molecule has 1 aromatic carbocycles. The third kappa shape index (κ3) is 3.66. The van der Waals surface area contributed by atoms with Crippen LogP contribution >= 0.6 is 11.6 Å². The molecule has 0 aliphatic heterocycles. The summed E-state index contributed by atoms with van der Waals surface area (Å²) in [6, 6.07) is 7.95. The second-order valence-electron chi connectivity index (χ2n) is 3.01. The van der Waals surface area contributed by atoms with Gasteiger partial charge in [-0.3, -0.25) is 0 Å². The Morgan fingerprint density at radius 3 is 2.92 bits per heavy atom. The number of hydrogen-bond donors (Lipinski definition) is 1. The van der Waals surface area contributed by atoms with E-state index in [1.54, 1.807) is 7.11 Å². The van der Waals surface area contributed by atoms with Crippen molar-refractivity contribution in [3.63, 3.8) is 0 Å². The van der Waals surface area contributed by atoms with E-state index in [4.69, 9.17) is 16.3 Å². The van der Waals surface area contributed by atoms with Crippen LogP contribution in [-0.4, -0.2) is 19.8 Å². The van der Waals surface area contributed by atoms with Crippen molar-refractivity contribution in [2.45, 2.75) is 13.0 Å². The molecule has 13 heavy (non-hydrogen) atoms. The van der Waals surface area contributed by atoms with E-state index in [9.17, 15) is 0 Å². The lowest BCUT2D eigenvalue weighted by Crippen LogP contribution is -2.20. The van der Waals surface area contributed by atoms with Gasteiger partial charge in [0.1, 0.15) is 0 Å².